The van der Waals surface area contributed by atoms with Gasteiger partial charge in [0, 0.05) is 37.4 Å². The number of hydrogen-bond acceptors (Lipinski definition) is 3. The molecule has 0 radical (unpaired) electrons. The van der Waals surface area contributed by atoms with E-state index in [1.807, 2.05) is 25.1 Å². The molecular weight excluding hydrogens is 334 g/mol. The predicted octanol–water partition coefficient (Wildman–Crippen LogP) is 3.01. The molecule has 0 saturated carbocycles. The zero-order chi connectivity index (χ0) is 19.1. The van der Waals surface area contributed by atoms with E-state index in [1.165, 1.54) is 5.57 Å². The summed E-state index contributed by atoms with van der Waals surface area (Å²) in [7, 11) is 0. The van der Waals surface area contributed by atoms with Gasteiger partial charge in [0.15, 0.2) is 0 Å². The fourth-order valence-corrected chi connectivity index (χ4v) is 2.98. The normalized spacial score (nSPS) is 16.5. The van der Waals surface area contributed by atoms with Crippen LogP contribution in [0.15, 0.2) is 29.8 Å². The van der Waals surface area contributed by atoms with Crippen molar-refractivity contribution < 1.29 is 19.5 Å². The molecule has 7 heteroatoms. The lowest BCUT2D eigenvalue weighted by molar-refractivity contribution is -0.123. The maximum Gasteiger partial charge on any atom is 0.322 e. The summed E-state index contributed by atoms with van der Waals surface area (Å²) in [6, 6.07) is 5.72. The number of rotatable bonds is 2. The highest BCUT2D eigenvalue weighted by molar-refractivity contribution is 5.97. The summed E-state index contributed by atoms with van der Waals surface area (Å²) in [6.45, 7) is 5.96. The fourth-order valence-electron chi connectivity index (χ4n) is 2.98. The molecule has 1 fully saturated rings. The van der Waals surface area contributed by atoms with Crippen LogP contribution in [0.3, 0.4) is 0 Å². The first-order valence-corrected chi connectivity index (χ1v) is 8.66. The van der Waals surface area contributed by atoms with E-state index in [0.717, 1.165) is 42.9 Å². The van der Waals surface area contributed by atoms with E-state index < -0.39 is 0 Å². The highest BCUT2D eigenvalue weighted by Crippen LogP contribution is 2.27. The van der Waals surface area contributed by atoms with Crippen LogP contribution in [-0.4, -0.2) is 48.1 Å². The second-order valence-corrected chi connectivity index (χ2v) is 6.43. The van der Waals surface area contributed by atoms with Crippen molar-refractivity contribution in [3.63, 3.8) is 0 Å². The van der Waals surface area contributed by atoms with Gasteiger partial charge in [-0.2, -0.15) is 0 Å². The molecule has 1 aromatic rings. The number of carboxylic acid groups (broad SMARTS) is 1. The van der Waals surface area contributed by atoms with Gasteiger partial charge in [0.1, 0.15) is 0 Å². The van der Waals surface area contributed by atoms with Gasteiger partial charge in [-0.3, -0.25) is 9.59 Å². The molecule has 140 valence electrons. The van der Waals surface area contributed by atoms with Crippen LogP contribution < -0.4 is 10.2 Å². The van der Waals surface area contributed by atoms with Gasteiger partial charge in [-0.15, -0.1) is 0 Å². The predicted molar refractivity (Wildman–Crippen MR) is 100 cm³/mol. The first-order valence-electron chi connectivity index (χ1n) is 8.66. The number of anilines is 2. The van der Waals surface area contributed by atoms with Gasteiger partial charge in [-0.05, 0) is 44.4 Å². The highest BCUT2D eigenvalue weighted by Gasteiger charge is 2.23. The van der Waals surface area contributed by atoms with Crippen LogP contribution in [0.1, 0.15) is 31.7 Å². The number of aryl methyl sites for hydroxylation is 1. The molecule has 1 aromatic carbocycles. The number of carbonyl (C=O) groups excluding carboxylic acids is 2. The molecule has 7 nitrogen and oxygen atoms in total. The Kier molecular flexibility index (Phi) is 6.77. The zero-order valence-electron chi connectivity index (χ0n) is 15.2. The molecule has 0 atom stereocenters. The number of nitrogens with one attached hydrogen (secondary N) is 1. The van der Waals surface area contributed by atoms with Crippen LogP contribution >= 0.6 is 0 Å². The Morgan fingerprint density at radius 3 is 2.54 bits per heavy atom. The van der Waals surface area contributed by atoms with Crippen molar-refractivity contribution in [2.45, 2.75) is 33.1 Å². The molecular formula is C19H25N3O4. The van der Waals surface area contributed by atoms with Gasteiger partial charge in [-0.1, -0.05) is 17.7 Å². The minimum absolute atomic E-state index is 0.0817. The number of nitrogens with zero attached hydrogens (tertiary/aromatic N) is 2. The second-order valence-electron chi connectivity index (χ2n) is 6.43. The third-order valence-corrected chi connectivity index (χ3v) is 4.57. The third kappa shape index (κ3) is 4.84. The first kappa shape index (κ1) is 19.5. The molecule has 0 aliphatic carbocycles. The van der Waals surface area contributed by atoms with E-state index in [4.69, 9.17) is 9.90 Å². The molecule has 3 rings (SSSR count). The molecule has 2 aliphatic heterocycles. The molecule has 3 amide bonds. The van der Waals surface area contributed by atoms with Crippen LogP contribution in [-0.2, 0) is 9.59 Å². The van der Waals surface area contributed by atoms with Gasteiger partial charge in [0.25, 0.3) is 6.47 Å². The molecule has 0 unspecified atom stereocenters. The Morgan fingerprint density at radius 1 is 1.23 bits per heavy atom. The van der Waals surface area contributed by atoms with Crippen molar-refractivity contribution in [1.29, 1.82) is 0 Å². The summed E-state index contributed by atoms with van der Waals surface area (Å²) in [5, 5.41) is 9.88. The van der Waals surface area contributed by atoms with Crippen molar-refractivity contribution in [3.05, 3.63) is 35.4 Å². The lowest BCUT2D eigenvalue weighted by Crippen LogP contribution is -2.38. The Morgan fingerprint density at radius 2 is 1.96 bits per heavy atom. The van der Waals surface area contributed by atoms with E-state index in [2.05, 4.69) is 18.3 Å². The van der Waals surface area contributed by atoms with Gasteiger partial charge in [0.05, 0.1) is 0 Å². The molecule has 0 spiro atoms. The van der Waals surface area contributed by atoms with Crippen LogP contribution in [0.25, 0.3) is 0 Å². The summed E-state index contributed by atoms with van der Waals surface area (Å²) in [5.41, 5.74) is 3.97. The van der Waals surface area contributed by atoms with E-state index in [9.17, 15) is 9.59 Å². The fraction of sp³-hybridized carbons (Fsp3) is 0.421. The first-order chi connectivity index (χ1) is 12.5. The van der Waals surface area contributed by atoms with E-state index >= 15 is 0 Å². The van der Waals surface area contributed by atoms with Crippen LogP contribution in [0.5, 0.6) is 0 Å². The van der Waals surface area contributed by atoms with Gasteiger partial charge in [-0.25, -0.2) is 4.79 Å². The highest BCUT2D eigenvalue weighted by atomic mass is 16.3. The standard InChI is InChI=1S/C18H23N3O2.CH2O2/c1-13-7-10-20(11-8-13)18(23)19-16-12-15(6-5-14(16)2)21-9-3-4-17(21)22;2-1-3/h5-7,12H,3-4,8-11H2,1-2H3,(H,19,23);1H,(H,2,3). The number of benzene rings is 1. The zero-order valence-corrected chi connectivity index (χ0v) is 15.2. The van der Waals surface area contributed by atoms with E-state index in [-0.39, 0.29) is 18.4 Å². The maximum absolute atomic E-state index is 12.4. The number of amides is 3. The molecule has 0 bridgehead atoms. The Balaban J connectivity index is 0.000000758. The Labute approximate surface area is 153 Å². The lowest BCUT2D eigenvalue weighted by atomic mass is 10.1. The molecule has 1 saturated heterocycles. The van der Waals surface area contributed by atoms with Crippen molar-refractivity contribution in [1.82, 2.24) is 4.90 Å². The molecule has 2 heterocycles. The third-order valence-electron chi connectivity index (χ3n) is 4.57. The molecule has 0 aromatic heterocycles. The summed E-state index contributed by atoms with van der Waals surface area (Å²) in [5.74, 6) is 0.155. The average molecular weight is 359 g/mol. The number of urea groups is 1. The minimum atomic E-state index is -0.250. The molecule has 2 aliphatic rings. The van der Waals surface area contributed by atoms with E-state index in [0.29, 0.717) is 13.0 Å². The topological polar surface area (TPSA) is 90.0 Å². The van der Waals surface area contributed by atoms with Crippen molar-refractivity contribution >= 4 is 29.8 Å². The van der Waals surface area contributed by atoms with Crippen molar-refractivity contribution in [3.8, 4) is 0 Å². The summed E-state index contributed by atoms with van der Waals surface area (Å²) in [6.07, 6.45) is 4.52. The quantitative estimate of drug-likeness (QED) is 0.627. The Hall–Kier alpha value is -2.83. The molecule has 26 heavy (non-hydrogen) atoms. The van der Waals surface area contributed by atoms with Crippen LogP contribution in [0.2, 0.25) is 0 Å². The lowest BCUT2D eigenvalue weighted by Gasteiger charge is -2.26. The van der Waals surface area contributed by atoms with Crippen molar-refractivity contribution in [2.24, 2.45) is 0 Å². The van der Waals surface area contributed by atoms with Crippen molar-refractivity contribution in [2.75, 3.05) is 29.9 Å². The number of hydrogen-bond donors (Lipinski definition) is 2. The molecule has 2 N–H and O–H groups in total. The average Bonchev–Trinajstić information content (AvgIpc) is 3.04. The number of carbonyl (C=O) groups is 3. The van der Waals surface area contributed by atoms with Crippen LogP contribution in [0.4, 0.5) is 16.2 Å². The van der Waals surface area contributed by atoms with E-state index in [1.54, 1.807) is 9.80 Å². The maximum atomic E-state index is 12.4. The minimum Gasteiger partial charge on any atom is -0.483 e. The van der Waals surface area contributed by atoms with Crippen LogP contribution in [0, 0.1) is 6.92 Å². The summed E-state index contributed by atoms with van der Waals surface area (Å²) < 4.78 is 0. The van der Waals surface area contributed by atoms with Gasteiger partial charge in [0.2, 0.25) is 5.91 Å². The monoisotopic (exact) mass is 359 g/mol. The summed E-state index contributed by atoms with van der Waals surface area (Å²) in [4.78, 5) is 36.3. The second kappa shape index (κ2) is 9.03. The van der Waals surface area contributed by atoms with Gasteiger partial charge >= 0.3 is 6.03 Å². The SMILES string of the molecule is CC1=CCN(C(=O)Nc2cc(N3CCCC3=O)ccc2C)CC1.O=CO. The van der Waals surface area contributed by atoms with Gasteiger partial charge < -0.3 is 20.2 Å². The smallest absolute Gasteiger partial charge is 0.322 e. The largest absolute Gasteiger partial charge is 0.483 e. The summed E-state index contributed by atoms with van der Waals surface area (Å²) >= 11 is 0. The Bertz CT molecular complexity index is 715.